The third kappa shape index (κ3) is 6.57. The number of likely N-dealkylation sites (tertiary alicyclic amines) is 1. The van der Waals surface area contributed by atoms with E-state index in [-0.39, 0.29) is 43.9 Å². The van der Waals surface area contributed by atoms with Crippen LogP contribution in [0.4, 0.5) is 0 Å². The summed E-state index contributed by atoms with van der Waals surface area (Å²) in [7, 11) is 1.52. The van der Waals surface area contributed by atoms with E-state index in [0.717, 1.165) is 12.8 Å². The van der Waals surface area contributed by atoms with Gasteiger partial charge in [-0.1, -0.05) is 68.0 Å². The van der Waals surface area contributed by atoms with E-state index in [1.165, 1.54) is 7.11 Å². The molecule has 1 spiro atoms. The summed E-state index contributed by atoms with van der Waals surface area (Å²) in [6.45, 7) is 3.30. The minimum Gasteiger partial charge on any atom is -0.455 e. The SMILES string of the molecule is CCCCN1CC=C[C@]23O[C@@H]4/C=C\CCC(=O)N[C@H](COC)[C@@H](c5ccccc5)OC(=O)[C@@H]4[C@H]2C(=O)N(CCCCO)[C@@H]3C1=O. The van der Waals surface area contributed by atoms with Gasteiger partial charge in [-0.25, -0.2) is 0 Å². The molecule has 1 aromatic carbocycles. The highest BCUT2D eigenvalue weighted by Gasteiger charge is 2.71. The normalized spacial score (nSPS) is 32.5. The van der Waals surface area contributed by atoms with Gasteiger partial charge in [-0.15, -0.1) is 0 Å². The molecule has 4 aliphatic heterocycles. The van der Waals surface area contributed by atoms with Crippen LogP contribution in [0.25, 0.3) is 0 Å². The van der Waals surface area contributed by atoms with Crippen LogP contribution in [0, 0.1) is 11.8 Å². The molecule has 2 fully saturated rings. The molecule has 7 atom stereocenters. The van der Waals surface area contributed by atoms with Gasteiger partial charge in [-0.05, 0) is 31.2 Å². The van der Waals surface area contributed by atoms with Crippen molar-refractivity contribution in [2.75, 3.05) is 40.0 Å². The number of aliphatic hydroxyl groups excluding tert-OH is 1. The molecule has 0 unspecified atom stereocenters. The van der Waals surface area contributed by atoms with Crippen LogP contribution in [0.1, 0.15) is 57.1 Å². The lowest BCUT2D eigenvalue weighted by atomic mass is 9.77. The second-order valence-corrected chi connectivity index (χ2v) is 12.2. The molecule has 244 valence electrons. The lowest BCUT2D eigenvalue weighted by Crippen LogP contribution is -2.55. The molecular formula is C34H45N3O8. The Bertz CT molecular complexity index is 1290. The largest absolute Gasteiger partial charge is 0.455 e. The molecule has 0 saturated carbocycles. The molecule has 11 heteroatoms. The van der Waals surface area contributed by atoms with Gasteiger partial charge in [0.05, 0.1) is 24.7 Å². The maximum absolute atomic E-state index is 14.4. The Labute approximate surface area is 264 Å². The van der Waals surface area contributed by atoms with Gasteiger partial charge in [0, 0.05) is 39.8 Å². The molecule has 4 heterocycles. The molecule has 4 aliphatic rings. The summed E-state index contributed by atoms with van der Waals surface area (Å²) in [6, 6.07) is 7.50. The number of nitrogens with zero attached hydrogens (tertiary/aromatic N) is 2. The van der Waals surface area contributed by atoms with Gasteiger partial charge in [-0.2, -0.15) is 0 Å². The van der Waals surface area contributed by atoms with Crippen LogP contribution >= 0.6 is 0 Å². The van der Waals surface area contributed by atoms with Crippen LogP contribution in [-0.2, 0) is 33.4 Å². The number of cyclic esters (lactones) is 1. The van der Waals surface area contributed by atoms with E-state index in [2.05, 4.69) is 12.2 Å². The highest BCUT2D eigenvalue weighted by atomic mass is 16.6. The Hall–Kier alpha value is -3.54. The van der Waals surface area contributed by atoms with Gasteiger partial charge >= 0.3 is 5.97 Å². The number of benzene rings is 1. The summed E-state index contributed by atoms with van der Waals surface area (Å²) in [5, 5.41) is 12.4. The van der Waals surface area contributed by atoms with Gasteiger partial charge in [0.15, 0.2) is 0 Å². The van der Waals surface area contributed by atoms with Crippen molar-refractivity contribution in [1.29, 1.82) is 0 Å². The fourth-order valence-electron chi connectivity index (χ4n) is 7.12. The first-order valence-electron chi connectivity index (χ1n) is 16.1. The van der Waals surface area contributed by atoms with Crippen LogP contribution in [0.5, 0.6) is 0 Å². The molecule has 11 nitrogen and oxygen atoms in total. The quantitative estimate of drug-likeness (QED) is 0.230. The molecular weight excluding hydrogens is 578 g/mol. The van der Waals surface area contributed by atoms with Gasteiger partial charge < -0.3 is 34.4 Å². The number of allylic oxidation sites excluding steroid dienone is 1. The molecule has 5 rings (SSSR count). The first kappa shape index (κ1) is 32.8. The third-order valence-electron chi connectivity index (χ3n) is 9.23. The minimum atomic E-state index is -1.38. The number of ether oxygens (including phenoxy) is 3. The Morgan fingerprint density at radius 2 is 1.84 bits per heavy atom. The van der Waals surface area contributed by atoms with E-state index in [9.17, 15) is 24.3 Å². The van der Waals surface area contributed by atoms with E-state index in [0.29, 0.717) is 37.9 Å². The number of unbranched alkanes of at least 4 members (excludes halogenated alkanes) is 2. The van der Waals surface area contributed by atoms with Crippen molar-refractivity contribution >= 4 is 23.7 Å². The highest BCUT2D eigenvalue weighted by molar-refractivity contribution is 5.99. The second-order valence-electron chi connectivity index (χ2n) is 12.2. The lowest BCUT2D eigenvalue weighted by molar-refractivity contribution is -0.162. The van der Waals surface area contributed by atoms with Gasteiger partial charge in [0.25, 0.3) is 0 Å². The Morgan fingerprint density at radius 3 is 2.58 bits per heavy atom. The zero-order chi connectivity index (χ0) is 32.0. The van der Waals surface area contributed by atoms with Crippen LogP contribution in [0.15, 0.2) is 54.6 Å². The van der Waals surface area contributed by atoms with Crippen LogP contribution in [0.3, 0.4) is 0 Å². The predicted octanol–water partition coefficient (Wildman–Crippen LogP) is 2.30. The fraction of sp³-hybridized carbons (Fsp3) is 0.588. The molecule has 1 aromatic rings. The zero-order valence-electron chi connectivity index (χ0n) is 26.1. The molecule has 0 aromatic heterocycles. The molecule has 2 saturated heterocycles. The summed E-state index contributed by atoms with van der Waals surface area (Å²) < 4.78 is 18.4. The number of aliphatic hydroxyl groups is 1. The number of amides is 3. The van der Waals surface area contributed by atoms with Crippen LogP contribution in [0.2, 0.25) is 0 Å². The average Bonchev–Trinajstić information content (AvgIpc) is 3.42. The minimum absolute atomic E-state index is 0.0316. The van der Waals surface area contributed by atoms with Gasteiger partial charge in [0.1, 0.15) is 23.7 Å². The summed E-state index contributed by atoms with van der Waals surface area (Å²) in [6.07, 6.45) is 8.75. The van der Waals surface area contributed by atoms with E-state index >= 15 is 0 Å². The number of esters is 1. The molecule has 3 amide bonds. The summed E-state index contributed by atoms with van der Waals surface area (Å²) in [5.41, 5.74) is -0.710. The Kier molecular flexibility index (Phi) is 10.7. The van der Waals surface area contributed by atoms with Crippen molar-refractivity contribution in [1.82, 2.24) is 15.1 Å². The van der Waals surface area contributed by atoms with Crippen molar-refractivity contribution in [2.45, 2.75) is 75.3 Å². The zero-order valence-corrected chi connectivity index (χ0v) is 26.1. The fourth-order valence-corrected chi connectivity index (χ4v) is 7.12. The number of methoxy groups -OCH3 is 1. The number of hydrogen-bond donors (Lipinski definition) is 2. The lowest BCUT2D eigenvalue weighted by Gasteiger charge is -2.35. The van der Waals surface area contributed by atoms with Crippen molar-refractivity contribution in [3.63, 3.8) is 0 Å². The number of hydrogen-bond acceptors (Lipinski definition) is 8. The molecule has 2 N–H and O–H groups in total. The third-order valence-corrected chi connectivity index (χ3v) is 9.23. The molecule has 0 aliphatic carbocycles. The van der Waals surface area contributed by atoms with Gasteiger partial charge in [-0.3, -0.25) is 19.2 Å². The average molecular weight is 624 g/mol. The van der Waals surface area contributed by atoms with Crippen molar-refractivity contribution < 1.29 is 38.5 Å². The number of rotatable bonds is 10. The van der Waals surface area contributed by atoms with Gasteiger partial charge in [0.2, 0.25) is 17.7 Å². The summed E-state index contributed by atoms with van der Waals surface area (Å²) >= 11 is 0. The first-order chi connectivity index (χ1) is 21.9. The predicted molar refractivity (Wildman–Crippen MR) is 164 cm³/mol. The van der Waals surface area contributed by atoms with E-state index in [1.807, 2.05) is 42.5 Å². The second kappa shape index (κ2) is 14.7. The molecule has 0 radical (unpaired) electrons. The van der Waals surface area contributed by atoms with E-state index in [4.69, 9.17) is 14.2 Å². The maximum atomic E-state index is 14.4. The van der Waals surface area contributed by atoms with Crippen molar-refractivity contribution in [2.24, 2.45) is 11.8 Å². The van der Waals surface area contributed by atoms with Crippen LogP contribution < -0.4 is 5.32 Å². The number of nitrogens with one attached hydrogen (secondary N) is 1. The summed E-state index contributed by atoms with van der Waals surface area (Å²) in [4.78, 5) is 59.3. The van der Waals surface area contributed by atoms with E-state index < -0.39 is 47.7 Å². The topological polar surface area (TPSA) is 135 Å². The van der Waals surface area contributed by atoms with E-state index in [1.54, 1.807) is 22.0 Å². The molecule has 0 bridgehead atoms. The number of carbonyl (C=O) groups excluding carboxylic acids is 4. The van der Waals surface area contributed by atoms with Crippen molar-refractivity contribution in [3.05, 3.63) is 60.2 Å². The number of fused-ring (bicyclic) bond motifs is 2. The first-order valence-corrected chi connectivity index (χ1v) is 16.1. The monoisotopic (exact) mass is 623 g/mol. The van der Waals surface area contributed by atoms with Crippen LogP contribution in [-0.4, -0.2) is 102 Å². The van der Waals surface area contributed by atoms with Crippen molar-refractivity contribution in [3.8, 4) is 0 Å². The smallest absolute Gasteiger partial charge is 0.313 e. The molecule has 45 heavy (non-hydrogen) atoms. The number of carbonyl (C=O) groups is 4. The standard InChI is InChI=1S/C34H45N3O8/c1-3-4-18-36-19-12-17-34-28(31(40)37(20-10-11-21-38)30(34)32(36)41)27-25(45-34)15-8-9-16-26(39)35-24(22-43-2)29(44-33(27)42)23-13-6-5-7-14-23/h5-8,12-15,17,24-25,27-30,38H,3-4,9-11,16,18-22H2,1-2H3,(H,35,39)/b15-8-/t24-,25-,27+,28+,29-,30-,34+/m1/s1. The Balaban J connectivity index is 1.58. The Morgan fingerprint density at radius 1 is 1.04 bits per heavy atom. The summed E-state index contributed by atoms with van der Waals surface area (Å²) in [5.74, 6) is -3.44. The maximum Gasteiger partial charge on any atom is 0.313 e. The highest BCUT2D eigenvalue weighted by Crippen LogP contribution is 2.53.